The number of aromatic nitrogens is 3. The van der Waals surface area contributed by atoms with Gasteiger partial charge in [0.2, 0.25) is 0 Å². The summed E-state index contributed by atoms with van der Waals surface area (Å²) in [6.07, 6.45) is -3.10. The highest BCUT2D eigenvalue weighted by Crippen LogP contribution is 2.38. The molecule has 0 aliphatic carbocycles. The molecule has 0 saturated carbocycles. The first-order chi connectivity index (χ1) is 8.11. The van der Waals surface area contributed by atoms with E-state index in [1.54, 1.807) is 0 Å². The predicted molar refractivity (Wildman–Crippen MR) is 55.1 cm³/mol. The first-order valence-corrected chi connectivity index (χ1v) is 5.36. The Kier molecular flexibility index (Phi) is 2.30. The summed E-state index contributed by atoms with van der Waals surface area (Å²) in [4.78, 5) is 17.0. The Morgan fingerprint density at radius 2 is 2.35 bits per heavy atom. The zero-order valence-electron chi connectivity index (χ0n) is 8.44. The van der Waals surface area contributed by atoms with Crippen LogP contribution in [0.1, 0.15) is 6.23 Å². The molecule has 3 N–H and O–H groups in total. The van der Waals surface area contributed by atoms with Crippen LogP contribution in [0.4, 0.5) is 0 Å². The van der Waals surface area contributed by atoms with Crippen molar-refractivity contribution in [1.82, 2.24) is 14.5 Å². The summed E-state index contributed by atoms with van der Waals surface area (Å²) in [6.45, 7) is -0.322. The number of nitrogens with zero attached hydrogens (tertiary/aromatic N) is 2. The number of rotatable bonds is 1. The number of aliphatic hydroxyl groups excluding tert-OH is 2. The summed E-state index contributed by atoms with van der Waals surface area (Å²) >= 11 is 4.97. The van der Waals surface area contributed by atoms with Crippen LogP contribution in [0.3, 0.4) is 0 Å². The maximum Gasteiger partial charge on any atom is 0.351 e. The maximum atomic E-state index is 11.1. The van der Waals surface area contributed by atoms with Crippen molar-refractivity contribution in [3.8, 4) is 6.01 Å². The van der Waals surface area contributed by atoms with Crippen molar-refractivity contribution in [2.24, 2.45) is 0 Å². The van der Waals surface area contributed by atoms with Crippen molar-refractivity contribution < 1.29 is 19.7 Å². The van der Waals surface area contributed by atoms with E-state index in [0.29, 0.717) is 0 Å². The van der Waals surface area contributed by atoms with Crippen LogP contribution in [0.5, 0.6) is 6.01 Å². The van der Waals surface area contributed by atoms with Crippen molar-refractivity contribution in [2.75, 3.05) is 6.61 Å². The number of fused-ring (bicyclic) bond motifs is 3. The molecule has 1 aromatic rings. The van der Waals surface area contributed by atoms with Gasteiger partial charge in [-0.25, -0.2) is 9.36 Å². The number of aliphatic hydroxyl groups is 2. The van der Waals surface area contributed by atoms with Gasteiger partial charge in [0, 0.05) is 0 Å². The van der Waals surface area contributed by atoms with Crippen molar-refractivity contribution >= 4 is 12.2 Å². The van der Waals surface area contributed by atoms with Crippen LogP contribution in [0.15, 0.2) is 4.79 Å². The molecule has 1 saturated heterocycles. The van der Waals surface area contributed by atoms with Crippen LogP contribution in [-0.4, -0.2) is 49.7 Å². The Balaban J connectivity index is 2.08. The highest BCUT2D eigenvalue weighted by molar-refractivity contribution is 7.71. The third kappa shape index (κ3) is 1.43. The normalized spacial score (nSPS) is 34.2. The molecule has 1 aromatic heterocycles. The molecule has 2 aliphatic rings. The van der Waals surface area contributed by atoms with E-state index in [1.165, 1.54) is 4.57 Å². The molecule has 0 spiro atoms. The van der Waals surface area contributed by atoms with Gasteiger partial charge < -0.3 is 19.7 Å². The molecule has 3 heterocycles. The smallest absolute Gasteiger partial charge is 0.351 e. The summed E-state index contributed by atoms with van der Waals surface area (Å²) in [5.41, 5.74) is -0.616. The Morgan fingerprint density at radius 1 is 1.59 bits per heavy atom. The molecule has 4 atom stereocenters. The molecular weight excluding hydrogens is 250 g/mol. The van der Waals surface area contributed by atoms with E-state index >= 15 is 0 Å². The van der Waals surface area contributed by atoms with E-state index in [1.807, 2.05) is 0 Å². The molecule has 8 nitrogen and oxygen atoms in total. The number of nitrogens with one attached hydrogen (secondary N) is 1. The Hall–Kier alpha value is -1.29. The van der Waals surface area contributed by atoms with E-state index in [0.717, 1.165) is 0 Å². The monoisotopic (exact) mass is 259 g/mol. The fourth-order valence-electron chi connectivity index (χ4n) is 2.04. The molecule has 1 fully saturated rings. The first-order valence-electron chi connectivity index (χ1n) is 4.95. The number of hydrogen-bond acceptors (Lipinski definition) is 7. The molecule has 0 aromatic carbocycles. The van der Waals surface area contributed by atoms with E-state index in [4.69, 9.17) is 26.8 Å². The van der Waals surface area contributed by atoms with Gasteiger partial charge in [-0.15, -0.1) is 4.98 Å². The molecule has 3 rings (SSSR count). The van der Waals surface area contributed by atoms with Crippen LogP contribution >= 0.6 is 12.2 Å². The SMILES string of the molecule is O=c1nc2n(c(=S)[nH]1)[C@@H]1O[C@H](CO)[C@@H](O)[C@@H]1O2. The Labute approximate surface area is 99.4 Å². The zero-order valence-corrected chi connectivity index (χ0v) is 9.25. The summed E-state index contributed by atoms with van der Waals surface area (Å²) in [6, 6.07) is 0.0178. The lowest BCUT2D eigenvalue weighted by atomic mass is 10.1. The highest BCUT2D eigenvalue weighted by atomic mass is 32.1. The highest BCUT2D eigenvalue weighted by Gasteiger charge is 2.51. The molecular formula is C8H9N3O5S. The second-order valence-electron chi connectivity index (χ2n) is 3.82. The fraction of sp³-hybridized carbons (Fsp3) is 0.625. The van der Waals surface area contributed by atoms with Gasteiger partial charge in [-0.2, -0.15) is 0 Å². The number of ether oxygens (including phenoxy) is 2. The second kappa shape index (κ2) is 3.60. The molecule has 92 valence electrons. The molecule has 9 heteroatoms. The third-order valence-corrected chi connectivity index (χ3v) is 3.12. The molecule has 0 radical (unpaired) electrons. The van der Waals surface area contributed by atoms with E-state index in [2.05, 4.69) is 9.97 Å². The van der Waals surface area contributed by atoms with Crippen molar-refractivity contribution in [1.29, 1.82) is 0 Å². The van der Waals surface area contributed by atoms with E-state index < -0.39 is 30.2 Å². The van der Waals surface area contributed by atoms with Gasteiger partial charge in [-0.05, 0) is 12.2 Å². The van der Waals surface area contributed by atoms with Crippen LogP contribution in [0, 0.1) is 4.77 Å². The lowest BCUT2D eigenvalue weighted by Crippen LogP contribution is -2.34. The van der Waals surface area contributed by atoms with Crippen LogP contribution in [-0.2, 0) is 4.74 Å². The van der Waals surface area contributed by atoms with E-state index in [9.17, 15) is 9.90 Å². The minimum absolute atomic E-state index is 0.0178. The third-order valence-electron chi connectivity index (χ3n) is 2.82. The Morgan fingerprint density at radius 3 is 3.06 bits per heavy atom. The molecule has 0 unspecified atom stereocenters. The van der Waals surface area contributed by atoms with Crippen LogP contribution in [0.2, 0.25) is 0 Å². The van der Waals surface area contributed by atoms with Gasteiger partial charge in [0.25, 0.3) is 0 Å². The summed E-state index contributed by atoms with van der Waals surface area (Å²) in [5.74, 6) is 0. The van der Waals surface area contributed by atoms with Crippen molar-refractivity contribution in [3.05, 3.63) is 15.3 Å². The molecule has 2 aliphatic heterocycles. The number of H-pyrrole nitrogens is 1. The predicted octanol–water partition coefficient (Wildman–Crippen LogP) is -1.69. The van der Waals surface area contributed by atoms with Gasteiger partial charge in [-0.3, -0.25) is 4.98 Å². The van der Waals surface area contributed by atoms with Crippen LogP contribution < -0.4 is 10.4 Å². The number of aromatic amines is 1. The van der Waals surface area contributed by atoms with Crippen LogP contribution in [0.25, 0.3) is 0 Å². The second-order valence-corrected chi connectivity index (χ2v) is 4.21. The van der Waals surface area contributed by atoms with Gasteiger partial charge in [0.15, 0.2) is 17.1 Å². The van der Waals surface area contributed by atoms with Gasteiger partial charge in [0.1, 0.15) is 12.2 Å². The average molecular weight is 259 g/mol. The average Bonchev–Trinajstić information content (AvgIpc) is 2.75. The summed E-state index contributed by atoms with van der Waals surface area (Å²) in [7, 11) is 0. The minimum atomic E-state index is -0.990. The largest absolute Gasteiger partial charge is 0.453 e. The minimum Gasteiger partial charge on any atom is -0.453 e. The van der Waals surface area contributed by atoms with Crippen molar-refractivity contribution in [3.63, 3.8) is 0 Å². The quantitative estimate of drug-likeness (QED) is 0.516. The topological polar surface area (TPSA) is 110 Å². The van der Waals surface area contributed by atoms with Gasteiger partial charge in [0.05, 0.1) is 6.61 Å². The van der Waals surface area contributed by atoms with Crippen molar-refractivity contribution in [2.45, 2.75) is 24.5 Å². The maximum absolute atomic E-state index is 11.1. The fourth-order valence-corrected chi connectivity index (χ4v) is 2.31. The lowest BCUT2D eigenvalue weighted by Gasteiger charge is -2.13. The molecule has 0 amide bonds. The van der Waals surface area contributed by atoms with Gasteiger partial charge in [-0.1, -0.05) is 0 Å². The summed E-state index contributed by atoms with van der Waals surface area (Å²) < 4.78 is 12.2. The standard InChI is InChI=1S/C8H9N3O5S/c12-1-2-3(13)4-5(15-2)11-7(16-4)9-6(14)10-8(11)17/h2-5,12-13H,1H2,(H,10,14,17)/t2-,3-,4+,5-/m1/s1. The van der Waals surface area contributed by atoms with E-state index in [-0.39, 0.29) is 17.4 Å². The van der Waals surface area contributed by atoms with Gasteiger partial charge >= 0.3 is 11.7 Å². The lowest BCUT2D eigenvalue weighted by molar-refractivity contribution is -0.0442. The first kappa shape index (κ1) is 10.8. The molecule has 17 heavy (non-hydrogen) atoms. The summed E-state index contributed by atoms with van der Waals surface area (Å²) in [5, 5.41) is 18.8. The zero-order chi connectivity index (χ0) is 12.2. The molecule has 0 bridgehead atoms. The number of hydrogen-bond donors (Lipinski definition) is 3. The Bertz CT molecular complexity index is 569.